The number of aromatic nitrogens is 3. The Bertz CT molecular complexity index is 469. The summed E-state index contributed by atoms with van der Waals surface area (Å²) in [5, 5.41) is 9.98. The van der Waals surface area contributed by atoms with Crippen LogP contribution in [0.1, 0.15) is 0 Å². The summed E-state index contributed by atoms with van der Waals surface area (Å²) in [6, 6.07) is 3.91. The smallest absolute Gasteiger partial charge is 0.208 e. The lowest BCUT2D eigenvalue weighted by Gasteiger charge is -2.03. The molecule has 2 heterocycles. The number of nitrogens with zero attached hydrogens (tertiary/aromatic N) is 4. The lowest BCUT2D eigenvalue weighted by Crippen LogP contribution is -2.07. The second-order valence-electron chi connectivity index (χ2n) is 3.16. The van der Waals surface area contributed by atoms with E-state index in [1.165, 1.54) is 11.8 Å². The largest absolute Gasteiger partial charge is 0.353 e. The topological polar surface area (TPSA) is 41.9 Å². The van der Waals surface area contributed by atoms with Crippen LogP contribution in [-0.2, 0) is 0 Å². The third-order valence-corrected chi connectivity index (χ3v) is 4.23. The molecule has 0 aliphatic heterocycles. The van der Waals surface area contributed by atoms with Gasteiger partial charge in [-0.15, -0.1) is 10.2 Å². The van der Waals surface area contributed by atoms with Crippen molar-refractivity contribution in [1.82, 2.24) is 15.2 Å². The number of pyridine rings is 1. The van der Waals surface area contributed by atoms with E-state index in [4.69, 9.17) is 0 Å². The first-order valence-corrected chi connectivity index (χ1v) is 6.88. The molecule has 0 N–H and O–H groups in total. The van der Waals surface area contributed by atoms with Gasteiger partial charge in [-0.3, -0.25) is 0 Å². The molecule has 84 valence electrons. The fourth-order valence-electron chi connectivity index (χ4n) is 0.937. The summed E-state index contributed by atoms with van der Waals surface area (Å²) in [5.41, 5.74) is 0. The molecule has 7 heteroatoms. The van der Waals surface area contributed by atoms with Gasteiger partial charge in [-0.1, -0.05) is 11.3 Å². The maximum Gasteiger partial charge on any atom is 0.208 e. The highest BCUT2D eigenvalue weighted by Gasteiger charge is 2.07. The van der Waals surface area contributed by atoms with Gasteiger partial charge < -0.3 is 4.90 Å². The molecule has 0 unspecified atom stereocenters. The average Bonchev–Trinajstić information content (AvgIpc) is 2.70. The molecule has 0 radical (unpaired) electrons. The molecular formula is C9H9BrN4S2. The van der Waals surface area contributed by atoms with E-state index in [2.05, 4.69) is 31.1 Å². The fraction of sp³-hybridized carbons (Fsp3) is 0.222. The molecule has 0 aliphatic rings. The van der Waals surface area contributed by atoms with Crippen molar-refractivity contribution in [3.63, 3.8) is 0 Å². The van der Waals surface area contributed by atoms with E-state index in [0.717, 1.165) is 19.0 Å². The maximum atomic E-state index is 4.27. The zero-order chi connectivity index (χ0) is 11.5. The van der Waals surface area contributed by atoms with Crippen LogP contribution in [0.15, 0.2) is 32.2 Å². The van der Waals surface area contributed by atoms with Crippen molar-refractivity contribution in [2.75, 3.05) is 19.0 Å². The van der Waals surface area contributed by atoms with Crippen molar-refractivity contribution in [2.24, 2.45) is 0 Å². The molecule has 0 atom stereocenters. The highest BCUT2D eigenvalue weighted by molar-refractivity contribution is 9.10. The van der Waals surface area contributed by atoms with Crippen molar-refractivity contribution in [3.05, 3.63) is 22.8 Å². The third kappa shape index (κ3) is 2.93. The van der Waals surface area contributed by atoms with Crippen LogP contribution in [0, 0.1) is 0 Å². The molecule has 0 saturated carbocycles. The molecule has 16 heavy (non-hydrogen) atoms. The zero-order valence-electron chi connectivity index (χ0n) is 8.72. The third-order valence-electron chi connectivity index (χ3n) is 1.67. The zero-order valence-corrected chi connectivity index (χ0v) is 11.9. The van der Waals surface area contributed by atoms with Gasteiger partial charge in [-0.05, 0) is 39.8 Å². The summed E-state index contributed by atoms with van der Waals surface area (Å²) in [4.78, 5) is 6.21. The van der Waals surface area contributed by atoms with Gasteiger partial charge in [-0.2, -0.15) is 0 Å². The second kappa shape index (κ2) is 5.11. The first kappa shape index (κ1) is 11.8. The van der Waals surface area contributed by atoms with E-state index in [1.54, 1.807) is 17.5 Å². The minimum absolute atomic E-state index is 0.901. The predicted molar refractivity (Wildman–Crippen MR) is 70.3 cm³/mol. The second-order valence-corrected chi connectivity index (χ2v) is 6.30. The van der Waals surface area contributed by atoms with Crippen molar-refractivity contribution < 1.29 is 0 Å². The molecule has 0 bridgehead atoms. The molecule has 0 amide bonds. The summed E-state index contributed by atoms with van der Waals surface area (Å²) in [7, 11) is 3.90. The Morgan fingerprint density at radius 3 is 2.69 bits per heavy atom. The first-order valence-electron chi connectivity index (χ1n) is 4.45. The van der Waals surface area contributed by atoms with Crippen LogP contribution in [0.2, 0.25) is 0 Å². The summed E-state index contributed by atoms with van der Waals surface area (Å²) in [6.07, 6.45) is 1.77. The van der Waals surface area contributed by atoms with Gasteiger partial charge in [0.25, 0.3) is 0 Å². The Morgan fingerprint density at radius 1 is 1.31 bits per heavy atom. The van der Waals surface area contributed by atoms with E-state index in [1.807, 2.05) is 31.1 Å². The summed E-state index contributed by atoms with van der Waals surface area (Å²) >= 11 is 6.43. The van der Waals surface area contributed by atoms with E-state index in [-0.39, 0.29) is 0 Å². The minimum atomic E-state index is 0.901. The molecule has 2 aromatic heterocycles. The quantitative estimate of drug-likeness (QED) is 0.871. The fourth-order valence-corrected chi connectivity index (χ4v) is 2.82. The van der Waals surface area contributed by atoms with Crippen molar-refractivity contribution in [1.29, 1.82) is 0 Å². The van der Waals surface area contributed by atoms with Crippen LogP contribution >= 0.6 is 39.0 Å². The van der Waals surface area contributed by atoms with E-state index < -0.39 is 0 Å². The Morgan fingerprint density at radius 2 is 2.12 bits per heavy atom. The maximum absolute atomic E-state index is 4.27. The van der Waals surface area contributed by atoms with Crippen LogP contribution in [0.5, 0.6) is 0 Å². The highest BCUT2D eigenvalue weighted by Crippen LogP contribution is 2.31. The molecule has 0 fully saturated rings. The Hall–Kier alpha value is -0.660. The van der Waals surface area contributed by atoms with Crippen molar-refractivity contribution in [3.8, 4) is 0 Å². The van der Waals surface area contributed by atoms with Crippen molar-refractivity contribution >= 4 is 44.2 Å². The SMILES string of the molecule is CN(C)c1nnc(Sc2ccc(Br)cn2)s1. The van der Waals surface area contributed by atoms with Crippen LogP contribution < -0.4 is 4.90 Å². The van der Waals surface area contributed by atoms with E-state index in [0.29, 0.717) is 0 Å². The van der Waals surface area contributed by atoms with Gasteiger partial charge in [-0.25, -0.2) is 4.98 Å². The standard InChI is InChI=1S/C9H9BrN4S2/c1-14(2)8-12-13-9(16-8)15-7-4-3-6(10)5-11-7/h3-5H,1-2H3. The summed E-state index contributed by atoms with van der Waals surface area (Å²) in [5.74, 6) is 0. The Labute approximate surface area is 110 Å². The molecule has 0 aliphatic carbocycles. The molecule has 0 aromatic carbocycles. The molecule has 2 aromatic rings. The van der Waals surface area contributed by atoms with Crippen LogP contribution in [0.4, 0.5) is 5.13 Å². The lowest BCUT2D eigenvalue weighted by molar-refractivity contribution is 0.970. The average molecular weight is 317 g/mol. The van der Waals surface area contributed by atoms with Gasteiger partial charge in [0.1, 0.15) is 5.03 Å². The number of hydrogen-bond donors (Lipinski definition) is 0. The van der Waals surface area contributed by atoms with Gasteiger partial charge >= 0.3 is 0 Å². The molecule has 0 spiro atoms. The van der Waals surface area contributed by atoms with Gasteiger partial charge in [0.15, 0.2) is 4.34 Å². The first-order chi connectivity index (χ1) is 7.65. The normalized spacial score (nSPS) is 10.4. The summed E-state index contributed by atoms with van der Waals surface area (Å²) in [6.45, 7) is 0. The summed E-state index contributed by atoms with van der Waals surface area (Å²) < 4.78 is 1.88. The molecule has 0 saturated heterocycles. The van der Waals surface area contributed by atoms with Crippen LogP contribution in [0.25, 0.3) is 0 Å². The number of hydrogen-bond acceptors (Lipinski definition) is 6. The van der Waals surface area contributed by atoms with Crippen molar-refractivity contribution in [2.45, 2.75) is 9.37 Å². The van der Waals surface area contributed by atoms with Gasteiger partial charge in [0.2, 0.25) is 5.13 Å². The van der Waals surface area contributed by atoms with Gasteiger partial charge in [0.05, 0.1) is 0 Å². The van der Waals surface area contributed by atoms with Gasteiger partial charge in [0, 0.05) is 24.8 Å². The van der Waals surface area contributed by atoms with Crippen LogP contribution in [0.3, 0.4) is 0 Å². The molecule has 2 rings (SSSR count). The number of halogens is 1. The van der Waals surface area contributed by atoms with Crippen LogP contribution in [-0.4, -0.2) is 29.3 Å². The predicted octanol–water partition coefficient (Wildman–Crippen LogP) is 2.91. The monoisotopic (exact) mass is 316 g/mol. The Balaban J connectivity index is 2.11. The van der Waals surface area contributed by atoms with E-state index >= 15 is 0 Å². The highest BCUT2D eigenvalue weighted by atomic mass is 79.9. The minimum Gasteiger partial charge on any atom is -0.353 e. The lowest BCUT2D eigenvalue weighted by atomic mass is 10.5. The number of anilines is 1. The van der Waals surface area contributed by atoms with E-state index in [9.17, 15) is 0 Å². The number of rotatable bonds is 3. The Kier molecular flexibility index (Phi) is 3.78. The molecular weight excluding hydrogens is 308 g/mol. The molecule has 4 nitrogen and oxygen atoms in total.